The average Bonchev–Trinajstić information content (AvgIpc) is 3.22. The highest BCUT2D eigenvalue weighted by atomic mass is 127. The quantitative estimate of drug-likeness (QED) is 0.267. The van der Waals surface area contributed by atoms with Gasteiger partial charge in [0.25, 0.3) is 5.89 Å². The number of nitrogens with zero attached hydrogens (tertiary/aromatic N) is 4. The van der Waals surface area contributed by atoms with Crippen molar-refractivity contribution in [1.82, 2.24) is 25.8 Å². The molecular formula is C22H29IN6O. The number of pyridine rings is 1. The van der Waals surface area contributed by atoms with Crippen LogP contribution in [0.25, 0.3) is 11.6 Å². The molecule has 8 heteroatoms. The Morgan fingerprint density at radius 2 is 1.83 bits per heavy atom. The van der Waals surface area contributed by atoms with Crippen molar-refractivity contribution in [2.75, 3.05) is 19.6 Å². The van der Waals surface area contributed by atoms with Crippen molar-refractivity contribution in [3.63, 3.8) is 0 Å². The molecule has 2 aromatic heterocycles. The number of halogens is 1. The van der Waals surface area contributed by atoms with E-state index in [0.717, 1.165) is 12.5 Å². The molecule has 0 unspecified atom stereocenters. The fourth-order valence-electron chi connectivity index (χ4n) is 2.84. The van der Waals surface area contributed by atoms with Gasteiger partial charge in [0, 0.05) is 31.1 Å². The van der Waals surface area contributed by atoms with E-state index in [1.54, 1.807) is 6.20 Å². The topological polar surface area (TPSA) is 88.2 Å². The van der Waals surface area contributed by atoms with Crippen LogP contribution in [0.3, 0.4) is 0 Å². The minimum atomic E-state index is -0.0468. The molecule has 1 aromatic carbocycles. The Kier molecular flexibility index (Phi) is 9.22. The van der Waals surface area contributed by atoms with Gasteiger partial charge in [0.1, 0.15) is 5.69 Å². The number of aromatic nitrogens is 3. The normalized spacial score (nSPS) is 11.6. The molecule has 2 N–H and O–H groups in total. The highest BCUT2D eigenvalue weighted by molar-refractivity contribution is 14.0. The van der Waals surface area contributed by atoms with Crippen LogP contribution >= 0.6 is 24.0 Å². The maximum atomic E-state index is 5.30. The summed E-state index contributed by atoms with van der Waals surface area (Å²) < 4.78 is 5.30. The molecule has 3 aromatic rings. The summed E-state index contributed by atoms with van der Waals surface area (Å²) in [5.74, 6) is 1.86. The van der Waals surface area contributed by atoms with Crippen molar-refractivity contribution < 1.29 is 4.52 Å². The van der Waals surface area contributed by atoms with Crippen molar-refractivity contribution in [3.05, 3.63) is 66.1 Å². The fraction of sp³-hybridized carbons (Fsp3) is 0.364. The molecule has 3 rings (SSSR count). The summed E-state index contributed by atoms with van der Waals surface area (Å²) in [6, 6.07) is 16.0. The minimum absolute atomic E-state index is 0. The molecule has 0 aliphatic heterocycles. The molecule has 0 aliphatic carbocycles. The van der Waals surface area contributed by atoms with E-state index >= 15 is 0 Å². The summed E-state index contributed by atoms with van der Waals surface area (Å²) in [6.07, 6.45) is 2.33. The van der Waals surface area contributed by atoms with E-state index in [-0.39, 0.29) is 29.4 Å². The Morgan fingerprint density at radius 1 is 1.07 bits per heavy atom. The van der Waals surface area contributed by atoms with Crippen molar-refractivity contribution in [2.45, 2.75) is 32.6 Å². The third kappa shape index (κ3) is 6.79. The zero-order valence-electron chi connectivity index (χ0n) is 17.6. The number of guanidine groups is 1. The summed E-state index contributed by atoms with van der Waals surface area (Å²) in [5.41, 5.74) is 1.90. The first-order valence-corrected chi connectivity index (χ1v) is 9.90. The molecule has 30 heavy (non-hydrogen) atoms. The van der Waals surface area contributed by atoms with Gasteiger partial charge in [-0.05, 0) is 24.6 Å². The van der Waals surface area contributed by atoms with E-state index in [9.17, 15) is 0 Å². The van der Waals surface area contributed by atoms with Gasteiger partial charge in [-0.2, -0.15) is 4.98 Å². The Morgan fingerprint density at radius 3 is 2.53 bits per heavy atom. The zero-order chi connectivity index (χ0) is 20.5. The highest BCUT2D eigenvalue weighted by Crippen LogP contribution is 2.23. The summed E-state index contributed by atoms with van der Waals surface area (Å²) in [7, 11) is 0. The molecular weight excluding hydrogens is 491 g/mol. The van der Waals surface area contributed by atoms with Gasteiger partial charge in [0.15, 0.2) is 11.8 Å². The van der Waals surface area contributed by atoms with E-state index in [4.69, 9.17) is 9.52 Å². The summed E-state index contributed by atoms with van der Waals surface area (Å²) >= 11 is 0. The lowest BCUT2D eigenvalue weighted by molar-refractivity contribution is 0.421. The molecule has 0 aliphatic rings. The first kappa shape index (κ1) is 23.8. The Balaban J connectivity index is 0.00000320. The molecule has 2 heterocycles. The molecule has 0 radical (unpaired) electrons. The summed E-state index contributed by atoms with van der Waals surface area (Å²) in [4.78, 5) is 13.4. The number of hydrogen-bond acceptors (Lipinski definition) is 5. The van der Waals surface area contributed by atoms with Crippen LogP contribution in [-0.4, -0.2) is 40.7 Å². The Hall–Kier alpha value is -2.49. The number of rotatable bonds is 8. The van der Waals surface area contributed by atoms with E-state index in [1.807, 2.05) is 24.3 Å². The molecule has 0 atom stereocenters. The van der Waals surface area contributed by atoms with E-state index in [0.29, 0.717) is 36.9 Å². The predicted octanol–water partition coefficient (Wildman–Crippen LogP) is 3.83. The van der Waals surface area contributed by atoms with Crippen LogP contribution in [0.1, 0.15) is 32.2 Å². The molecule has 0 spiro atoms. The Bertz CT molecular complexity index is 912. The third-order valence-electron chi connectivity index (χ3n) is 4.53. The molecule has 0 saturated heterocycles. The molecule has 160 valence electrons. The standard InChI is InChI=1S/C22H28N6O.HI/c1-4-23-21(26-16-22(2,3)17-10-6-5-7-11-17)25-15-13-19-27-20(29-28-19)18-12-8-9-14-24-18;/h5-12,14H,4,13,15-16H2,1-3H3,(H2,23,25,26);1H. The van der Waals surface area contributed by atoms with Gasteiger partial charge in [-0.1, -0.05) is 55.4 Å². The maximum absolute atomic E-state index is 5.30. The second-order valence-electron chi connectivity index (χ2n) is 7.35. The molecule has 7 nitrogen and oxygen atoms in total. The van der Waals surface area contributed by atoms with Gasteiger partial charge in [-0.15, -0.1) is 24.0 Å². The van der Waals surface area contributed by atoms with Crippen LogP contribution in [-0.2, 0) is 11.8 Å². The van der Waals surface area contributed by atoms with Gasteiger partial charge in [0.05, 0.1) is 6.54 Å². The van der Waals surface area contributed by atoms with E-state index < -0.39 is 0 Å². The van der Waals surface area contributed by atoms with Crippen LogP contribution in [0.4, 0.5) is 0 Å². The van der Waals surface area contributed by atoms with E-state index in [2.05, 4.69) is 70.8 Å². The number of nitrogens with one attached hydrogen (secondary N) is 2. The largest absolute Gasteiger partial charge is 0.357 e. The van der Waals surface area contributed by atoms with E-state index in [1.165, 1.54) is 5.56 Å². The van der Waals surface area contributed by atoms with Crippen LogP contribution in [0, 0.1) is 0 Å². The zero-order valence-corrected chi connectivity index (χ0v) is 20.0. The van der Waals surface area contributed by atoms with Crippen LogP contribution < -0.4 is 10.6 Å². The number of aliphatic imine (C=N–C) groups is 1. The lowest BCUT2D eigenvalue weighted by atomic mass is 9.85. The van der Waals surface area contributed by atoms with Gasteiger partial charge < -0.3 is 15.2 Å². The molecule has 0 amide bonds. The number of hydrogen-bond donors (Lipinski definition) is 2. The molecule has 0 saturated carbocycles. The van der Waals surface area contributed by atoms with Gasteiger partial charge in [0.2, 0.25) is 0 Å². The van der Waals surface area contributed by atoms with Crippen LogP contribution in [0.5, 0.6) is 0 Å². The summed E-state index contributed by atoms with van der Waals surface area (Å²) in [6.45, 7) is 8.58. The average molecular weight is 520 g/mol. The first-order valence-electron chi connectivity index (χ1n) is 9.90. The Labute approximate surface area is 194 Å². The number of benzene rings is 1. The lowest BCUT2D eigenvalue weighted by Crippen LogP contribution is -2.39. The second kappa shape index (κ2) is 11.6. The van der Waals surface area contributed by atoms with Crippen molar-refractivity contribution in [2.24, 2.45) is 4.99 Å². The molecule has 0 fully saturated rings. The van der Waals surface area contributed by atoms with Crippen molar-refractivity contribution in [1.29, 1.82) is 0 Å². The monoisotopic (exact) mass is 520 g/mol. The highest BCUT2D eigenvalue weighted by Gasteiger charge is 2.20. The SMILES string of the molecule is CCNC(=NCC(C)(C)c1ccccc1)NCCc1noc(-c2ccccn2)n1.I. The fourth-order valence-corrected chi connectivity index (χ4v) is 2.84. The van der Waals surface area contributed by atoms with Gasteiger partial charge in [-0.25, -0.2) is 0 Å². The minimum Gasteiger partial charge on any atom is -0.357 e. The predicted molar refractivity (Wildman–Crippen MR) is 130 cm³/mol. The maximum Gasteiger partial charge on any atom is 0.276 e. The smallest absolute Gasteiger partial charge is 0.276 e. The van der Waals surface area contributed by atoms with Crippen molar-refractivity contribution >= 4 is 29.9 Å². The first-order chi connectivity index (χ1) is 14.1. The lowest BCUT2D eigenvalue weighted by Gasteiger charge is -2.23. The molecule has 0 bridgehead atoms. The third-order valence-corrected chi connectivity index (χ3v) is 4.53. The van der Waals surface area contributed by atoms with Crippen LogP contribution in [0.2, 0.25) is 0 Å². The van der Waals surface area contributed by atoms with Gasteiger partial charge in [-0.3, -0.25) is 9.98 Å². The summed E-state index contributed by atoms with van der Waals surface area (Å²) in [5, 5.41) is 10.7. The second-order valence-corrected chi connectivity index (χ2v) is 7.35. The van der Waals surface area contributed by atoms with Crippen LogP contribution in [0.15, 0.2) is 64.2 Å². The van der Waals surface area contributed by atoms with Gasteiger partial charge >= 0.3 is 0 Å². The van der Waals surface area contributed by atoms with Crippen molar-refractivity contribution in [3.8, 4) is 11.6 Å².